The predicted octanol–water partition coefficient (Wildman–Crippen LogP) is 2.06. The molecule has 1 unspecified atom stereocenters. The maximum absolute atomic E-state index is 12.1. The summed E-state index contributed by atoms with van der Waals surface area (Å²) in [6.07, 6.45) is 0. The molecule has 1 aliphatic rings. The van der Waals surface area contributed by atoms with Crippen LogP contribution in [0.4, 0.5) is 10.5 Å². The fourth-order valence-corrected chi connectivity index (χ4v) is 3.01. The van der Waals surface area contributed by atoms with E-state index in [1.165, 1.54) is 18.2 Å². The number of phenols is 1. The quantitative estimate of drug-likeness (QED) is 0.777. The molecule has 1 heterocycles. The highest BCUT2D eigenvalue weighted by atomic mass is 32.2. The summed E-state index contributed by atoms with van der Waals surface area (Å²) >= 11 is 1.83. The maximum atomic E-state index is 12.1. The Labute approximate surface area is 120 Å². The summed E-state index contributed by atoms with van der Waals surface area (Å²) in [5.41, 5.74) is 0.189. The van der Waals surface area contributed by atoms with Crippen LogP contribution in [-0.2, 0) is 0 Å². The van der Waals surface area contributed by atoms with E-state index < -0.39 is 5.97 Å². The second kappa shape index (κ2) is 6.04. The number of anilines is 1. The fourth-order valence-electron chi connectivity index (χ4n) is 2.00. The zero-order valence-electron chi connectivity index (χ0n) is 11.0. The smallest absolute Gasteiger partial charge is 0.339 e. The first-order chi connectivity index (χ1) is 9.47. The van der Waals surface area contributed by atoms with Crippen molar-refractivity contribution >= 4 is 29.4 Å². The molecule has 0 bridgehead atoms. The topological polar surface area (TPSA) is 89.9 Å². The van der Waals surface area contributed by atoms with Crippen LogP contribution in [0.25, 0.3) is 0 Å². The van der Waals surface area contributed by atoms with E-state index in [0.717, 1.165) is 5.75 Å². The van der Waals surface area contributed by atoms with E-state index in [-0.39, 0.29) is 17.3 Å². The molecular formula is C13H16N2O4S. The van der Waals surface area contributed by atoms with Crippen molar-refractivity contribution in [2.24, 2.45) is 0 Å². The Balaban J connectivity index is 2.04. The Morgan fingerprint density at radius 2 is 2.20 bits per heavy atom. The third kappa shape index (κ3) is 3.36. The Bertz CT molecular complexity index is 535. The van der Waals surface area contributed by atoms with Crippen molar-refractivity contribution in [1.82, 2.24) is 4.90 Å². The summed E-state index contributed by atoms with van der Waals surface area (Å²) in [5.74, 6) is -0.669. The minimum atomic E-state index is -1.21. The SMILES string of the molecule is CC1CN(C(=O)Nc2ccc(C(=O)O)c(O)c2)CCS1. The van der Waals surface area contributed by atoms with Gasteiger partial charge in [-0.25, -0.2) is 9.59 Å². The van der Waals surface area contributed by atoms with Crippen molar-refractivity contribution < 1.29 is 19.8 Å². The molecule has 0 saturated carbocycles. The molecule has 0 radical (unpaired) electrons. The van der Waals surface area contributed by atoms with Crippen LogP contribution in [0.2, 0.25) is 0 Å². The molecule has 3 N–H and O–H groups in total. The number of amides is 2. The van der Waals surface area contributed by atoms with Gasteiger partial charge in [-0.1, -0.05) is 6.92 Å². The molecule has 1 saturated heterocycles. The molecule has 1 aliphatic heterocycles. The van der Waals surface area contributed by atoms with E-state index in [2.05, 4.69) is 12.2 Å². The second-order valence-electron chi connectivity index (χ2n) is 4.59. The number of carbonyl (C=O) groups excluding carboxylic acids is 1. The molecule has 0 aromatic heterocycles. The number of aromatic carboxylic acids is 1. The lowest BCUT2D eigenvalue weighted by atomic mass is 10.2. The molecule has 7 heteroatoms. The van der Waals surface area contributed by atoms with Gasteiger partial charge in [0.15, 0.2) is 0 Å². The first-order valence-electron chi connectivity index (χ1n) is 6.21. The first-order valence-corrected chi connectivity index (χ1v) is 7.26. The molecule has 2 rings (SSSR count). The summed E-state index contributed by atoms with van der Waals surface area (Å²) in [5, 5.41) is 21.5. The summed E-state index contributed by atoms with van der Waals surface area (Å²) in [4.78, 5) is 24.5. The highest BCUT2D eigenvalue weighted by Crippen LogP contribution is 2.23. The molecule has 1 fully saturated rings. The summed E-state index contributed by atoms with van der Waals surface area (Å²) in [6, 6.07) is 3.73. The second-order valence-corrected chi connectivity index (χ2v) is 6.14. The number of urea groups is 1. The number of rotatable bonds is 2. The number of aromatic hydroxyl groups is 1. The number of hydrogen-bond acceptors (Lipinski definition) is 4. The Kier molecular flexibility index (Phi) is 4.39. The summed E-state index contributed by atoms with van der Waals surface area (Å²) in [6.45, 7) is 3.42. The zero-order chi connectivity index (χ0) is 14.7. The third-order valence-electron chi connectivity index (χ3n) is 3.01. The molecule has 1 atom stereocenters. The molecule has 1 aromatic carbocycles. The summed E-state index contributed by atoms with van der Waals surface area (Å²) in [7, 11) is 0. The molecular weight excluding hydrogens is 280 g/mol. The molecule has 0 spiro atoms. The largest absolute Gasteiger partial charge is 0.507 e. The number of carbonyl (C=O) groups is 2. The van der Waals surface area contributed by atoms with Crippen molar-refractivity contribution in [3.8, 4) is 5.75 Å². The van der Waals surface area contributed by atoms with Gasteiger partial charge in [0.05, 0.1) is 0 Å². The molecule has 108 valence electrons. The number of carboxylic acids is 1. The van der Waals surface area contributed by atoms with Gasteiger partial charge in [0.1, 0.15) is 11.3 Å². The predicted molar refractivity (Wildman–Crippen MR) is 77.6 cm³/mol. The van der Waals surface area contributed by atoms with E-state index in [1.54, 1.807) is 4.90 Å². The van der Waals surface area contributed by atoms with E-state index in [1.807, 2.05) is 11.8 Å². The highest BCUT2D eigenvalue weighted by Gasteiger charge is 2.21. The monoisotopic (exact) mass is 296 g/mol. The van der Waals surface area contributed by atoms with Crippen LogP contribution in [0.5, 0.6) is 5.75 Å². The standard InChI is InChI=1S/C13H16N2O4S/c1-8-7-15(4-5-20-8)13(19)14-9-2-3-10(12(17)18)11(16)6-9/h2-3,6,8,16H,4-5,7H2,1H3,(H,14,19)(H,17,18). The lowest BCUT2D eigenvalue weighted by Gasteiger charge is -2.30. The Morgan fingerprint density at radius 1 is 1.45 bits per heavy atom. The van der Waals surface area contributed by atoms with Crippen LogP contribution in [-0.4, -0.2) is 51.2 Å². The Hall–Kier alpha value is -1.89. The average Bonchev–Trinajstić information content (AvgIpc) is 2.38. The van der Waals surface area contributed by atoms with Gasteiger partial charge in [0.25, 0.3) is 0 Å². The highest BCUT2D eigenvalue weighted by molar-refractivity contribution is 7.99. The lowest BCUT2D eigenvalue weighted by molar-refractivity contribution is 0.0694. The van der Waals surface area contributed by atoms with E-state index in [9.17, 15) is 14.7 Å². The van der Waals surface area contributed by atoms with Crippen LogP contribution in [0, 0.1) is 0 Å². The Morgan fingerprint density at radius 3 is 2.80 bits per heavy atom. The van der Waals surface area contributed by atoms with Gasteiger partial charge in [-0.15, -0.1) is 0 Å². The molecule has 0 aliphatic carbocycles. The van der Waals surface area contributed by atoms with Gasteiger partial charge in [-0.05, 0) is 12.1 Å². The van der Waals surface area contributed by atoms with Crippen molar-refractivity contribution in [3.63, 3.8) is 0 Å². The zero-order valence-corrected chi connectivity index (χ0v) is 11.8. The fraction of sp³-hybridized carbons (Fsp3) is 0.385. The first kappa shape index (κ1) is 14.5. The van der Waals surface area contributed by atoms with Gasteiger partial charge in [0.2, 0.25) is 0 Å². The minimum Gasteiger partial charge on any atom is -0.507 e. The molecule has 20 heavy (non-hydrogen) atoms. The number of thioether (sulfide) groups is 1. The van der Waals surface area contributed by atoms with Crippen LogP contribution < -0.4 is 5.32 Å². The van der Waals surface area contributed by atoms with Crippen molar-refractivity contribution in [3.05, 3.63) is 23.8 Å². The normalized spacial score (nSPS) is 18.6. The third-order valence-corrected chi connectivity index (χ3v) is 4.14. The number of hydrogen-bond donors (Lipinski definition) is 3. The van der Waals surface area contributed by atoms with Crippen molar-refractivity contribution in [2.75, 3.05) is 24.2 Å². The van der Waals surface area contributed by atoms with Crippen molar-refractivity contribution in [2.45, 2.75) is 12.2 Å². The number of carboxylic acid groups (broad SMARTS) is 1. The van der Waals surface area contributed by atoms with E-state index >= 15 is 0 Å². The number of nitrogens with one attached hydrogen (secondary N) is 1. The number of benzene rings is 1. The van der Waals surface area contributed by atoms with E-state index in [0.29, 0.717) is 24.0 Å². The van der Waals surface area contributed by atoms with Gasteiger partial charge >= 0.3 is 12.0 Å². The van der Waals surface area contributed by atoms with Gasteiger partial charge in [-0.3, -0.25) is 0 Å². The van der Waals surface area contributed by atoms with E-state index in [4.69, 9.17) is 5.11 Å². The van der Waals surface area contributed by atoms with Gasteiger partial charge in [0, 0.05) is 35.8 Å². The van der Waals surface area contributed by atoms with Crippen molar-refractivity contribution in [1.29, 1.82) is 0 Å². The summed E-state index contributed by atoms with van der Waals surface area (Å²) < 4.78 is 0. The maximum Gasteiger partial charge on any atom is 0.339 e. The molecule has 6 nitrogen and oxygen atoms in total. The number of nitrogens with zero attached hydrogens (tertiary/aromatic N) is 1. The molecule has 2 amide bonds. The van der Waals surface area contributed by atoms with Crippen LogP contribution in [0.15, 0.2) is 18.2 Å². The van der Waals surface area contributed by atoms with Gasteiger partial charge < -0.3 is 20.4 Å². The van der Waals surface area contributed by atoms with Crippen LogP contribution in [0.3, 0.4) is 0 Å². The van der Waals surface area contributed by atoms with Gasteiger partial charge in [-0.2, -0.15) is 11.8 Å². The lowest BCUT2D eigenvalue weighted by Crippen LogP contribution is -2.43. The minimum absolute atomic E-state index is 0.189. The van der Waals surface area contributed by atoms with Crippen LogP contribution >= 0.6 is 11.8 Å². The average molecular weight is 296 g/mol. The molecule has 1 aromatic rings. The van der Waals surface area contributed by atoms with Crippen LogP contribution in [0.1, 0.15) is 17.3 Å².